The summed E-state index contributed by atoms with van der Waals surface area (Å²) in [6.07, 6.45) is 0. The Morgan fingerprint density at radius 1 is 1.35 bits per heavy atom. The van der Waals surface area contributed by atoms with Crippen molar-refractivity contribution in [3.05, 3.63) is 52.5 Å². The molecule has 1 aromatic carbocycles. The fraction of sp³-hybridized carbons (Fsp3) is 0.278. The molecule has 1 amide bonds. The lowest BCUT2D eigenvalue weighted by Gasteiger charge is -2.10. The van der Waals surface area contributed by atoms with Crippen molar-refractivity contribution in [2.45, 2.75) is 24.5 Å². The first-order chi connectivity index (χ1) is 12.7. The highest BCUT2D eigenvalue weighted by Crippen LogP contribution is 2.23. The van der Waals surface area contributed by atoms with Crippen LogP contribution in [0.5, 0.6) is 5.75 Å². The van der Waals surface area contributed by atoms with Gasteiger partial charge in [-0.2, -0.15) is 4.98 Å². The summed E-state index contributed by atoms with van der Waals surface area (Å²) in [6.45, 7) is 2.43. The number of ether oxygens (including phenoxy) is 1. The zero-order valence-electron chi connectivity index (χ0n) is 14.5. The van der Waals surface area contributed by atoms with Crippen molar-refractivity contribution in [1.29, 1.82) is 0 Å². The Morgan fingerprint density at radius 2 is 2.15 bits per heavy atom. The van der Waals surface area contributed by atoms with E-state index in [1.165, 1.54) is 11.8 Å². The predicted molar refractivity (Wildman–Crippen MR) is 103 cm³/mol. The maximum absolute atomic E-state index is 12.1. The number of benzene rings is 1. The molecule has 3 rings (SSSR count). The topological polar surface area (TPSA) is 77.2 Å². The highest BCUT2D eigenvalue weighted by molar-refractivity contribution is 7.99. The zero-order valence-corrected chi connectivity index (χ0v) is 16.1. The fourth-order valence-corrected chi connectivity index (χ4v) is 3.57. The number of hydrogen-bond acceptors (Lipinski definition) is 7. The second-order valence-electron chi connectivity index (χ2n) is 5.49. The molecule has 136 valence electrons. The average molecular weight is 390 g/mol. The largest absolute Gasteiger partial charge is 0.497 e. The van der Waals surface area contributed by atoms with E-state index in [1.54, 1.807) is 18.4 Å². The van der Waals surface area contributed by atoms with E-state index in [4.69, 9.17) is 9.26 Å². The summed E-state index contributed by atoms with van der Waals surface area (Å²) < 4.78 is 10.4. The molecule has 0 saturated heterocycles. The van der Waals surface area contributed by atoms with Crippen molar-refractivity contribution < 1.29 is 14.1 Å². The molecule has 0 bridgehead atoms. The van der Waals surface area contributed by atoms with Gasteiger partial charge in [0.15, 0.2) is 5.82 Å². The van der Waals surface area contributed by atoms with Crippen LogP contribution in [0.15, 0.2) is 46.3 Å². The highest BCUT2D eigenvalue weighted by atomic mass is 32.2. The van der Waals surface area contributed by atoms with Gasteiger partial charge in [0.05, 0.1) is 24.7 Å². The molecule has 8 heteroatoms. The number of thioether (sulfide) groups is 1. The number of rotatable bonds is 8. The first kappa shape index (κ1) is 18.5. The minimum atomic E-state index is -0.196. The van der Waals surface area contributed by atoms with Crippen LogP contribution in [-0.2, 0) is 17.1 Å². The predicted octanol–water partition coefficient (Wildman–Crippen LogP) is 3.74. The van der Waals surface area contributed by atoms with E-state index in [9.17, 15) is 4.79 Å². The van der Waals surface area contributed by atoms with E-state index < -0.39 is 0 Å². The van der Waals surface area contributed by atoms with Crippen LogP contribution in [0, 0.1) is 0 Å². The third kappa shape index (κ3) is 4.86. The van der Waals surface area contributed by atoms with Crippen LogP contribution in [0.4, 0.5) is 0 Å². The summed E-state index contributed by atoms with van der Waals surface area (Å²) in [5.74, 6) is 2.30. The molecule has 0 aliphatic heterocycles. The lowest BCUT2D eigenvalue weighted by Crippen LogP contribution is -2.30. The zero-order chi connectivity index (χ0) is 18.4. The number of methoxy groups -OCH3 is 1. The van der Waals surface area contributed by atoms with Gasteiger partial charge in [0.1, 0.15) is 5.75 Å². The first-order valence-electron chi connectivity index (χ1n) is 8.04. The Kier molecular flexibility index (Phi) is 6.30. The van der Waals surface area contributed by atoms with Crippen molar-refractivity contribution in [1.82, 2.24) is 15.5 Å². The molecule has 1 unspecified atom stereocenters. The first-order valence-corrected chi connectivity index (χ1v) is 9.97. The van der Waals surface area contributed by atoms with Crippen molar-refractivity contribution in [3.8, 4) is 17.2 Å². The highest BCUT2D eigenvalue weighted by Gasteiger charge is 2.16. The molecule has 0 saturated carbocycles. The number of nitrogens with one attached hydrogen (secondary N) is 1. The van der Waals surface area contributed by atoms with Gasteiger partial charge in [0.25, 0.3) is 5.89 Å². The Balaban J connectivity index is 1.49. The smallest absolute Gasteiger partial charge is 0.257 e. The van der Waals surface area contributed by atoms with Crippen molar-refractivity contribution in [2.75, 3.05) is 7.11 Å². The van der Waals surface area contributed by atoms with Crippen molar-refractivity contribution in [3.63, 3.8) is 0 Å². The number of aromatic nitrogens is 2. The van der Waals surface area contributed by atoms with Crippen LogP contribution in [0.1, 0.15) is 17.6 Å². The standard InChI is InChI=1S/C18H19N3O3S2/c1-12(17(22)19-10-15-4-3-9-25-15)26-11-16-20-18(24-21-16)13-5-7-14(23-2)8-6-13/h3-9,12H,10-11H2,1-2H3,(H,19,22). The van der Waals surface area contributed by atoms with E-state index in [0.717, 1.165) is 16.2 Å². The summed E-state index contributed by atoms with van der Waals surface area (Å²) in [5.41, 5.74) is 0.830. The van der Waals surface area contributed by atoms with Gasteiger partial charge in [-0.05, 0) is 42.6 Å². The van der Waals surface area contributed by atoms with Gasteiger partial charge >= 0.3 is 0 Å². The van der Waals surface area contributed by atoms with Crippen LogP contribution in [0.3, 0.4) is 0 Å². The second kappa shape index (κ2) is 8.86. The molecule has 26 heavy (non-hydrogen) atoms. The normalized spacial score (nSPS) is 11.9. The molecule has 0 fully saturated rings. The number of carbonyl (C=O) groups excluding carboxylic acids is 1. The lowest BCUT2D eigenvalue weighted by atomic mass is 10.2. The van der Waals surface area contributed by atoms with Crippen molar-refractivity contribution >= 4 is 29.0 Å². The molecular weight excluding hydrogens is 370 g/mol. The molecule has 1 N–H and O–H groups in total. The van der Waals surface area contributed by atoms with Crippen molar-refractivity contribution in [2.24, 2.45) is 0 Å². The molecule has 2 heterocycles. The number of thiophene rings is 1. The summed E-state index contributed by atoms with van der Waals surface area (Å²) in [4.78, 5) is 17.7. The van der Waals surface area contributed by atoms with Gasteiger partial charge in [-0.1, -0.05) is 11.2 Å². The van der Waals surface area contributed by atoms with E-state index in [1.807, 2.05) is 48.7 Å². The number of nitrogens with zero attached hydrogens (tertiary/aromatic N) is 2. The quantitative estimate of drug-likeness (QED) is 0.632. The van der Waals surface area contributed by atoms with Crippen LogP contribution >= 0.6 is 23.1 Å². The van der Waals surface area contributed by atoms with Crippen LogP contribution in [0.25, 0.3) is 11.5 Å². The monoisotopic (exact) mass is 389 g/mol. The van der Waals surface area contributed by atoms with Gasteiger partial charge in [0, 0.05) is 10.4 Å². The molecule has 0 spiro atoms. The Bertz CT molecular complexity index is 832. The summed E-state index contributed by atoms with van der Waals surface area (Å²) in [7, 11) is 1.62. The van der Waals surface area contributed by atoms with E-state index in [2.05, 4.69) is 15.5 Å². The molecule has 6 nitrogen and oxygen atoms in total. The maximum atomic E-state index is 12.1. The average Bonchev–Trinajstić information content (AvgIpc) is 3.36. The lowest BCUT2D eigenvalue weighted by molar-refractivity contribution is -0.120. The van der Waals surface area contributed by atoms with Crippen LogP contribution < -0.4 is 10.1 Å². The Morgan fingerprint density at radius 3 is 2.85 bits per heavy atom. The third-order valence-electron chi connectivity index (χ3n) is 3.65. The molecule has 0 radical (unpaired) electrons. The number of carbonyl (C=O) groups is 1. The van der Waals surface area contributed by atoms with Gasteiger partial charge in [-0.25, -0.2) is 0 Å². The van der Waals surface area contributed by atoms with Gasteiger partial charge < -0.3 is 14.6 Å². The van der Waals surface area contributed by atoms with Gasteiger partial charge in [-0.15, -0.1) is 23.1 Å². The maximum Gasteiger partial charge on any atom is 0.257 e. The molecule has 2 aromatic heterocycles. The van der Waals surface area contributed by atoms with E-state index >= 15 is 0 Å². The van der Waals surface area contributed by atoms with E-state index in [0.29, 0.717) is 24.0 Å². The summed E-state index contributed by atoms with van der Waals surface area (Å²) >= 11 is 3.10. The summed E-state index contributed by atoms with van der Waals surface area (Å²) in [5, 5.41) is 8.72. The Labute approximate surface area is 160 Å². The number of amides is 1. The Hall–Kier alpha value is -2.32. The fourth-order valence-electron chi connectivity index (χ4n) is 2.17. The number of hydrogen-bond donors (Lipinski definition) is 1. The molecule has 0 aliphatic carbocycles. The van der Waals surface area contributed by atoms with Crippen LogP contribution in [-0.4, -0.2) is 28.4 Å². The van der Waals surface area contributed by atoms with E-state index in [-0.39, 0.29) is 11.2 Å². The molecule has 1 atom stereocenters. The second-order valence-corrected chi connectivity index (χ2v) is 7.86. The minimum absolute atomic E-state index is 0.00210. The molecule has 3 aromatic rings. The third-order valence-corrected chi connectivity index (χ3v) is 5.67. The minimum Gasteiger partial charge on any atom is -0.497 e. The summed E-state index contributed by atoms with van der Waals surface area (Å²) in [6, 6.07) is 11.4. The van der Waals surface area contributed by atoms with Crippen LogP contribution in [0.2, 0.25) is 0 Å². The van der Waals surface area contributed by atoms with Gasteiger partial charge in [0.2, 0.25) is 5.91 Å². The SMILES string of the molecule is COc1ccc(-c2nc(CSC(C)C(=O)NCc3cccs3)no2)cc1. The molecular formula is C18H19N3O3S2. The van der Waals surface area contributed by atoms with Gasteiger partial charge in [-0.3, -0.25) is 4.79 Å². The molecule has 0 aliphatic rings.